The van der Waals surface area contributed by atoms with Crippen molar-refractivity contribution in [3.63, 3.8) is 0 Å². The normalized spacial score (nSPS) is 14.2. The molecule has 1 aromatic heterocycles. The van der Waals surface area contributed by atoms with E-state index < -0.39 is 17.6 Å². The summed E-state index contributed by atoms with van der Waals surface area (Å²) >= 11 is 0. The summed E-state index contributed by atoms with van der Waals surface area (Å²) in [5.74, 6) is -2.45. The van der Waals surface area contributed by atoms with Gasteiger partial charge in [-0.1, -0.05) is 0 Å². The zero-order chi connectivity index (χ0) is 13.6. The maximum absolute atomic E-state index is 13.4. The highest BCUT2D eigenvalue weighted by Gasteiger charge is 2.25. The van der Waals surface area contributed by atoms with Crippen LogP contribution >= 0.6 is 0 Å². The molecule has 2 aromatic rings. The third-order valence-corrected chi connectivity index (χ3v) is 3.09. The highest BCUT2D eigenvalue weighted by atomic mass is 19.2. The molecule has 2 heterocycles. The van der Waals surface area contributed by atoms with E-state index in [1.807, 2.05) is 0 Å². The molecule has 0 unspecified atom stereocenters. The molecule has 0 aliphatic carbocycles. The van der Waals surface area contributed by atoms with E-state index in [0.717, 1.165) is 12.1 Å². The lowest BCUT2D eigenvalue weighted by molar-refractivity contribution is 0.0472. The lowest BCUT2D eigenvalue weighted by atomic mass is 9.99. The Balaban J connectivity index is 2.43. The first-order valence-electron chi connectivity index (χ1n) is 5.64. The monoisotopic (exact) mass is 265 g/mol. The van der Waals surface area contributed by atoms with E-state index in [-0.39, 0.29) is 18.2 Å². The number of esters is 1. The zero-order valence-electron chi connectivity index (χ0n) is 10.00. The van der Waals surface area contributed by atoms with Crippen LogP contribution in [-0.4, -0.2) is 24.7 Å². The number of carbonyl (C=O) groups excluding carboxylic acids is 1. The number of rotatable bonds is 1. The summed E-state index contributed by atoms with van der Waals surface area (Å²) in [6.45, 7) is 0.202. The molecule has 1 aromatic carbocycles. The minimum atomic E-state index is -0.981. The number of pyridine rings is 1. The van der Waals surface area contributed by atoms with Crippen LogP contribution in [0.3, 0.4) is 0 Å². The Kier molecular flexibility index (Phi) is 2.58. The van der Waals surface area contributed by atoms with Gasteiger partial charge in [-0.2, -0.15) is 0 Å². The number of hydrogen-bond acceptors (Lipinski definition) is 4. The molecule has 0 N–H and O–H groups in total. The second kappa shape index (κ2) is 4.15. The van der Waals surface area contributed by atoms with Crippen molar-refractivity contribution in [2.75, 3.05) is 13.7 Å². The Hall–Kier alpha value is -2.24. The molecule has 98 valence electrons. The van der Waals surface area contributed by atoms with Crippen molar-refractivity contribution in [2.24, 2.45) is 0 Å². The number of ether oxygens (including phenoxy) is 2. The average molecular weight is 265 g/mol. The molecule has 0 fully saturated rings. The molecule has 0 saturated carbocycles. The lowest BCUT2D eigenvalue weighted by Crippen LogP contribution is -2.20. The van der Waals surface area contributed by atoms with Gasteiger partial charge in [0.1, 0.15) is 0 Å². The summed E-state index contributed by atoms with van der Waals surface area (Å²) in [7, 11) is 1.35. The van der Waals surface area contributed by atoms with Crippen molar-refractivity contribution in [1.82, 2.24) is 4.98 Å². The predicted molar refractivity (Wildman–Crippen MR) is 62.2 cm³/mol. The number of methoxy groups -OCH3 is 1. The van der Waals surface area contributed by atoms with Crippen LogP contribution in [0.25, 0.3) is 10.8 Å². The number of aromatic nitrogens is 1. The molecule has 0 saturated heterocycles. The summed E-state index contributed by atoms with van der Waals surface area (Å²) in [6.07, 6.45) is 0.416. The SMILES string of the molecule is COc1nc2c(c3cc(F)c(F)cc13)CCOC2=O. The van der Waals surface area contributed by atoms with Crippen LogP contribution in [0.5, 0.6) is 5.88 Å². The van der Waals surface area contributed by atoms with Gasteiger partial charge in [0.05, 0.1) is 13.7 Å². The largest absolute Gasteiger partial charge is 0.481 e. The molecule has 0 radical (unpaired) electrons. The van der Waals surface area contributed by atoms with Crippen LogP contribution in [0.1, 0.15) is 16.1 Å². The van der Waals surface area contributed by atoms with Crippen molar-refractivity contribution in [3.8, 4) is 5.88 Å². The molecule has 4 nitrogen and oxygen atoms in total. The Labute approximate surface area is 107 Å². The first-order chi connectivity index (χ1) is 9.11. The minimum absolute atomic E-state index is 0.0755. The van der Waals surface area contributed by atoms with E-state index in [1.54, 1.807) is 0 Å². The Morgan fingerprint density at radius 2 is 1.95 bits per heavy atom. The number of hydrogen-bond donors (Lipinski definition) is 0. The number of nitrogens with zero attached hydrogens (tertiary/aromatic N) is 1. The first kappa shape index (κ1) is 11.8. The fourth-order valence-corrected chi connectivity index (χ4v) is 2.22. The average Bonchev–Trinajstić information content (AvgIpc) is 2.40. The van der Waals surface area contributed by atoms with Crippen LogP contribution in [0, 0.1) is 11.6 Å². The number of halogens is 2. The van der Waals surface area contributed by atoms with Crippen molar-refractivity contribution >= 4 is 16.7 Å². The van der Waals surface area contributed by atoms with Gasteiger partial charge in [0, 0.05) is 11.8 Å². The van der Waals surface area contributed by atoms with Crippen molar-refractivity contribution < 1.29 is 23.0 Å². The van der Waals surface area contributed by atoms with Gasteiger partial charge in [-0.3, -0.25) is 0 Å². The highest BCUT2D eigenvalue weighted by molar-refractivity contribution is 5.99. The third kappa shape index (κ3) is 1.71. The molecule has 3 rings (SSSR count). The molecule has 0 spiro atoms. The maximum Gasteiger partial charge on any atom is 0.357 e. The first-order valence-corrected chi connectivity index (χ1v) is 5.64. The number of benzene rings is 1. The predicted octanol–water partition coefficient (Wildman–Crippen LogP) is 2.23. The van der Waals surface area contributed by atoms with E-state index in [1.165, 1.54) is 7.11 Å². The second-order valence-electron chi connectivity index (χ2n) is 4.15. The second-order valence-corrected chi connectivity index (χ2v) is 4.15. The summed E-state index contributed by atoms with van der Waals surface area (Å²) in [4.78, 5) is 15.7. The quantitative estimate of drug-likeness (QED) is 0.742. The summed E-state index contributed by atoms with van der Waals surface area (Å²) in [6, 6.07) is 2.09. The summed E-state index contributed by atoms with van der Waals surface area (Å²) in [5, 5.41) is 0.771. The minimum Gasteiger partial charge on any atom is -0.481 e. The van der Waals surface area contributed by atoms with Gasteiger partial charge in [-0.15, -0.1) is 0 Å². The van der Waals surface area contributed by atoms with Crippen molar-refractivity contribution in [1.29, 1.82) is 0 Å². The number of cyclic esters (lactones) is 1. The van der Waals surface area contributed by atoms with Crippen LogP contribution in [-0.2, 0) is 11.2 Å². The molecule has 1 aliphatic rings. The number of fused-ring (bicyclic) bond motifs is 3. The molecule has 0 bridgehead atoms. The molecule has 0 atom stereocenters. The van der Waals surface area contributed by atoms with E-state index in [0.29, 0.717) is 22.8 Å². The molecule has 19 heavy (non-hydrogen) atoms. The van der Waals surface area contributed by atoms with Gasteiger partial charge in [0.15, 0.2) is 17.3 Å². The van der Waals surface area contributed by atoms with E-state index in [9.17, 15) is 13.6 Å². The van der Waals surface area contributed by atoms with Crippen molar-refractivity contribution in [3.05, 3.63) is 35.0 Å². The summed E-state index contributed by atoms with van der Waals surface area (Å²) < 4.78 is 36.6. The fraction of sp³-hybridized carbons (Fsp3) is 0.231. The smallest absolute Gasteiger partial charge is 0.357 e. The number of carbonyl (C=O) groups is 1. The Morgan fingerprint density at radius 3 is 2.63 bits per heavy atom. The molecular formula is C13H9F2NO3. The lowest BCUT2D eigenvalue weighted by Gasteiger charge is -2.18. The zero-order valence-corrected chi connectivity index (χ0v) is 10.00. The topological polar surface area (TPSA) is 48.4 Å². The van der Waals surface area contributed by atoms with Crippen LogP contribution in [0.2, 0.25) is 0 Å². The van der Waals surface area contributed by atoms with Gasteiger partial charge in [-0.25, -0.2) is 18.6 Å². The van der Waals surface area contributed by atoms with Gasteiger partial charge in [0.2, 0.25) is 5.88 Å². The molecule has 0 amide bonds. The Morgan fingerprint density at radius 1 is 1.26 bits per heavy atom. The third-order valence-electron chi connectivity index (χ3n) is 3.09. The van der Waals surface area contributed by atoms with E-state index in [2.05, 4.69) is 4.98 Å². The fourth-order valence-electron chi connectivity index (χ4n) is 2.22. The van der Waals surface area contributed by atoms with Gasteiger partial charge in [-0.05, 0) is 23.1 Å². The van der Waals surface area contributed by atoms with Crippen LogP contribution in [0.4, 0.5) is 8.78 Å². The maximum atomic E-state index is 13.4. The molecular weight excluding hydrogens is 256 g/mol. The van der Waals surface area contributed by atoms with Gasteiger partial charge < -0.3 is 9.47 Å². The van der Waals surface area contributed by atoms with Crippen molar-refractivity contribution in [2.45, 2.75) is 6.42 Å². The highest BCUT2D eigenvalue weighted by Crippen LogP contribution is 2.32. The molecule has 1 aliphatic heterocycles. The molecule has 6 heteroatoms. The standard InChI is InChI=1S/C13H9F2NO3/c1-18-12-8-5-10(15)9(14)4-7(8)6-2-3-19-13(17)11(6)16-12/h4-5H,2-3H2,1H3. The van der Waals surface area contributed by atoms with Gasteiger partial charge in [0.25, 0.3) is 0 Å². The summed E-state index contributed by atoms with van der Waals surface area (Å²) in [5.41, 5.74) is 0.660. The van der Waals surface area contributed by atoms with E-state index in [4.69, 9.17) is 9.47 Å². The van der Waals surface area contributed by atoms with E-state index >= 15 is 0 Å². The Bertz CT molecular complexity index is 700. The van der Waals surface area contributed by atoms with Gasteiger partial charge >= 0.3 is 5.97 Å². The van der Waals surface area contributed by atoms with Crippen LogP contribution < -0.4 is 4.74 Å². The van der Waals surface area contributed by atoms with Crippen LogP contribution in [0.15, 0.2) is 12.1 Å².